The topological polar surface area (TPSA) is 38.5 Å². The largest absolute Gasteiger partial charge is 0.385 e. The van der Waals surface area contributed by atoms with Crippen LogP contribution in [0.25, 0.3) is 0 Å². The minimum Gasteiger partial charge on any atom is -0.385 e. The normalized spacial score (nSPS) is 13.0. The van der Waals surface area contributed by atoms with E-state index >= 15 is 0 Å². The van der Waals surface area contributed by atoms with Crippen LogP contribution in [0.15, 0.2) is 24.3 Å². The lowest BCUT2D eigenvalue weighted by molar-refractivity contribution is 0.166. The fraction of sp³-hybridized carbons (Fsp3) is 0.571. The molecule has 2 N–H and O–H groups in total. The van der Waals surface area contributed by atoms with Crippen molar-refractivity contribution < 1.29 is 4.74 Å². The number of likely N-dealkylation sites (N-methyl/N-ethyl adjacent to an activating group) is 1. The lowest BCUT2D eigenvalue weighted by Gasteiger charge is -2.27. The predicted molar refractivity (Wildman–Crippen MR) is 72.1 cm³/mol. The van der Waals surface area contributed by atoms with Crippen molar-refractivity contribution in [2.24, 2.45) is 5.73 Å². The molecule has 0 heterocycles. The van der Waals surface area contributed by atoms with Crippen LogP contribution in [0.4, 0.5) is 0 Å². The van der Waals surface area contributed by atoms with Crippen LogP contribution in [0.3, 0.4) is 0 Å². The molecule has 0 aliphatic carbocycles. The van der Waals surface area contributed by atoms with Crippen molar-refractivity contribution in [2.45, 2.75) is 19.4 Å². The monoisotopic (exact) mass is 236 g/mol. The van der Waals surface area contributed by atoms with Crippen molar-refractivity contribution in [3.8, 4) is 0 Å². The standard InChI is InChI=1S/C14H24N2O/c1-12-5-7-13(8-6-12)14(11-15)16(2)9-4-10-17-3/h5-8,14H,4,9-11,15H2,1-3H3. The Kier molecular flexibility index (Phi) is 6.19. The van der Waals surface area contributed by atoms with Gasteiger partial charge in [0.2, 0.25) is 0 Å². The Morgan fingerprint density at radius 3 is 2.47 bits per heavy atom. The van der Waals surface area contributed by atoms with E-state index in [1.807, 2.05) is 0 Å². The van der Waals surface area contributed by atoms with Gasteiger partial charge in [0, 0.05) is 32.8 Å². The maximum atomic E-state index is 5.88. The minimum absolute atomic E-state index is 0.299. The van der Waals surface area contributed by atoms with E-state index in [-0.39, 0.29) is 0 Å². The summed E-state index contributed by atoms with van der Waals surface area (Å²) in [4.78, 5) is 2.30. The Labute approximate surface area is 105 Å². The van der Waals surface area contributed by atoms with E-state index in [4.69, 9.17) is 10.5 Å². The summed E-state index contributed by atoms with van der Waals surface area (Å²) in [5.41, 5.74) is 8.45. The van der Waals surface area contributed by atoms with Gasteiger partial charge >= 0.3 is 0 Å². The highest BCUT2D eigenvalue weighted by Gasteiger charge is 2.14. The van der Waals surface area contributed by atoms with E-state index in [0.717, 1.165) is 19.6 Å². The Hall–Kier alpha value is -0.900. The van der Waals surface area contributed by atoms with Gasteiger partial charge in [-0.1, -0.05) is 29.8 Å². The van der Waals surface area contributed by atoms with Crippen molar-refractivity contribution >= 4 is 0 Å². The fourth-order valence-corrected chi connectivity index (χ4v) is 1.97. The molecule has 0 aliphatic rings. The molecule has 0 bridgehead atoms. The first-order chi connectivity index (χ1) is 8.19. The minimum atomic E-state index is 0.299. The van der Waals surface area contributed by atoms with Crippen molar-refractivity contribution in [1.82, 2.24) is 4.90 Å². The van der Waals surface area contributed by atoms with E-state index in [1.54, 1.807) is 7.11 Å². The summed E-state index contributed by atoms with van der Waals surface area (Å²) in [6.45, 7) is 4.55. The number of hydrogen-bond donors (Lipinski definition) is 1. The smallest absolute Gasteiger partial charge is 0.0474 e. The molecule has 0 saturated heterocycles. The average molecular weight is 236 g/mol. The van der Waals surface area contributed by atoms with Gasteiger partial charge in [-0.3, -0.25) is 4.90 Å². The molecule has 3 nitrogen and oxygen atoms in total. The molecule has 0 radical (unpaired) electrons. The number of ether oxygens (including phenoxy) is 1. The molecule has 1 atom stereocenters. The average Bonchev–Trinajstić information content (AvgIpc) is 2.33. The zero-order valence-corrected chi connectivity index (χ0v) is 11.1. The Bertz CT molecular complexity index is 311. The third-order valence-electron chi connectivity index (χ3n) is 3.08. The summed E-state index contributed by atoms with van der Waals surface area (Å²) in [6.07, 6.45) is 1.04. The number of aryl methyl sites for hydroxylation is 1. The number of benzene rings is 1. The van der Waals surface area contributed by atoms with Gasteiger partial charge in [0.15, 0.2) is 0 Å². The van der Waals surface area contributed by atoms with E-state index in [9.17, 15) is 0 Å². The van der Waals surface area contributed by atoms with Crippen molar-refractivity contribution in [2.75, 3.05) is 33.9 Å². The SMILES string of the molecule is COCCCN(C)C(CN)c1ccc(C)cc1. The Morgan fingerprint density at radius 2 is 1.94 bits per heavy atom. The highest BCUT2D eigenvalue weighted by molar-refractivity contribution is 5.24. The molecule has 0 saturated carbocycles. The van der Waals surface area contributed by atoms with Crippen LogP contribution in [0.1, 0.15) is 23.6 Å². The highest BCUT2D eigenvalue weighted by Crippen LogP contribution is 2.18. The van der Waals surface area contributed by atoms with E-state index in [2.05, 4.69) is 43.1 Å². The number of rotatable bonds is 7. The second-order valence-corrected chi connectivity index (χ2v) is 4.49. The number of methoxy groups -OCH3 is 1. The van der Waals surface area contributed by atoms with Crippen LogP contribution < -0.4 is 5.73 Å². The van der Waals surface area contributed by atoms with Crippen molar-refractivity contribution in [3.63, 3.8) is 0 Å². The predicted octanol–water partition coefficient (Wildman–Crippen LogP) is 1.96. The maximum Gasteiger partial charge on any atom is 0.0474 e. The zero-order chi connectivity index (χ0) is 12.7. The summed E-state index contributed by atoms with van der Waals surface area (Å²) < 4.78 is 5.07. The van der Waals surface area contributed by atoms with Gasteiger partial charge < -0.3 is 10.5 Å². The second kappa shape index (κ2) is 7.43. The van der Waals surface area contributed by atoms with E-state index in [1.165, 1.54) is 11.1 Å². The van der Waals surface area contributed by atoms with Crippen LogP contribution in [-0.2, 0) is 4.74 Å². The van der Waals surface area contributed by atoms with Crippen LogP contribution in [-0.4, -0.2) is 38.8 Å². The van der Waals surface area contributed by atoms with Crippen molar-refractivity contribution in [3.05, 3.63) is 35.4 Å². The first-order valence-corrected chi connectivity index (χ1v) is 6.15. The maximum absolute atomic E-state index is 5.88. The first-order valence-electron chi connectivity index (χ1n) is 6.15. The number of nitrogens with zero attached hydrogens (tertiary/aromatic N) is 1. The quantitative estimate of drug-likeness (QED) is 0.736. The third kappa shape index (κ3) is 4.46. The lowest BCUT2D eigenvalue weighted by Crippen LogP contribution is -2.31. The van der Waals surface area contributed by atoms with Gasteiger partial charge in [0.1, 0.15) is 0 Å². The fourth-order valence-electron chi connectivity index (χ4n) is 1.97. The van der Waals surface area contributed by atoms with Gasteiger partial charge in [0.25, 0.3) is 0 Å². The number of hydrogen-bond acceptors (Lipinski definition) is 3. The van der Waals surface area contributed by atoms with Gasteiger partial charge in [-0.25, -0.2) is 0 Å². The van der Waals surface area contributed by atoms with Crippen LogP contribution in [0, 0.1) is 6.92 Å². The number of nitrogens with two attached hydrogens (primary N) is 1. The summed E-state index contributed by atoms with van der Waals surface area (Å²) in [5, 5.41) is 0. The molecule has 1 aromatic rings. The zero-order valence-electron chi connectivity index (χ0n) is 11.1. The Morgan fingerprint density at radius 1 is 1.29 bits per heavy atom. The van der Waals surface area contributed by atoms with Crippen LogP contribution >= 0.6 is 0 Å². The molecule has 0 fully saturated rings. The third-order valence-corrected chi connectivity index (χ3v) is 3.08. The molecule has 17 heavy (non-hydrogen) atoms. The molecular weight excluding hydrogens is 212 g/mol. The molecule has 1 aromatic carbocycles. The molecule has 96 valence electrons. The van der Waals surface area contributed by atoms with Crippen LogP contribution in [0.2, 0.25) is 0 Å². The molecule has 0 amide bonds. The van der Waals surface area contributed by atoms with Gasteiger partial charge in [-0.2, -0.15) is 0 Å². The van der Waals surface area contributed by atoms with Crippen molar-refractivity contribution in [1.29, 1.82) is 0 Å². The van der Waals surface area contributed by atoms with E-state index in [0.29, 0.717) is 12.6 Å². The summed E-state index contributed by atoms with van der Waals surface area (Å²) in [6, 6.07) is 8.91. The van der Waals surface area contributed by atoms with Gasteiger partial charge in [-0.15, -0.1) is 0 Å². The molecule has 1 unspecified atom stereocenters. The van der Waals surface area contributed by atoms with Gasteiger partial charge in [-0.05, 0) is 26.0 Å². The lowest BCUT2D eigenvalue weighted by atomic mass is 10.0. The van der Waals surface area contributed by atoms with E-state index < -0.39 is 0 Å². The molecule has 1 rings (SSSR count). The van der Waals surface area contributed by atoms with Gasteiger partial charge in [0.05, 0.1) is 0 Å². The highest BCUT2D eigenvalue weighted by atomic mass is 16.5. The Balaban J connectivity index is 2.60. The molecular formula is C14H24N2O. The summed E-state index contributed by atoms with van der Waals surface area (Å²) >= 11 is 0. The molecule has 3 heteroatoms. The molecule has 0 aliphatic heterocycles. The molecule has 0 aromatic heterocycles. The second-order valence-electron chi connectivity index (χ2n) is 4.49. The first kappa shape index (κ1) is 14.2. The molecule has 0 spiro atoms. The van der Waals surface area contributed by atoms with Crippen LogP contribution in [0.5, 0.6) is 0 Å². The summed E-state index contributed by atoms with van der Waals surface area (Å²) in [7, 11) is 3.85. The summed E-state index contributed by atoms with van der Waals surface area (Å²) in [5.74, 6) is 0.